The molecule has 0 fully saturated rings. The van der Waals surface area contributed by atoms with E-state index in [1.807, 2.05) is 25.1 Å². The molecule has 0 radical (unpaired) electrons. The molecule has 0 saturated heterocycles. The van der Waals surface area contributed by atoms with Gasteiger partial charge in [0.25, 0.3) is 0 Å². The lowest BCUT2D eigenvalue weighted by atomic mass is 10.00. The van der Waals surface area contributed by atoms with Crippen LogP contribution in [0.15, 0.2) is 46.6 Å². The summed E-state index contributed by atoms with van der Waals surface area (Å²) in [6.45, 7) is 3.94. The summed E-state index contributed by atoms with van der Waals surface area (Å²) in [5.41, 5.74) is 13.5. The molecule has 3 aromatic rings. The number of nitrogens with zero attached hydrogens (tertiary/aromatic N) is 6. The number of nitriles is 1. The van der Waals surface area contributed by atoms with E-state index in [2.05, 4.69) is 33.1 Å². The van der Waals surface area contributed by atoms with Crippen molar-refractivity contribution in [1.82, 2.24) is 14.6 Å². The van der Waals surface area contributed by atoms with E-state index in [1.54, 1.807) is 16.6 Å². The predicted molar refractivity (Wildman–Crippen MR) is 232 cm³/mol. The molecule has 2 aromatic heterocycles. The highest BCUT2D eigenvalue weighted by atomic mass is 31.2. The molecule has 5 N–H and O–H groups in total. The number of nitrogen functional groups attached to an aromatic ring is 1. The molecule has 14 nitrogen and oxygen atoms in total. The monoisotopic (exact) mass is 825 g/mol. The lowest BCUT2D eigenvalue weighted by Gasteiger charge is -2.29. The van der Waals surface area contributed by atoms with Crippen molar-refractivity contribution in [2.75, 3.05) is 26.1 Å². The number of methoxy groups -OCH3 is 1. The van der Waals surface area contributed by atoms with Crippen LogP contribution >= 0.6 is 7.82 Å². The highest BCUT2D eigenvalue weighted by Gasteiger charge is 2.31. The van der Waals surface area contributed by atoms with Crippen LogP contribution in [-0.2, 0) is 36.1 Å². The molecule has 0 saturated carbocycles. The number of nitrogens with two attached hydrogens (primary N) is 2. The van der Waals surface area contributed by atoms with Crippen molar-refractivity contribution in [2.24, 2.45) is 15.7 Å². The molecule has 0 aliphatic carbocycles. The van der Waals surface area contributed by atoms with E-state index in [1.165, 1.54) is 110 Å². The first-order valence-corrected chi connectivity index (χ1v) is 22.8. The molecule has 0 spiro atoms. The number of phosphoric ester groups is 1. The summed E-state index contributed by atoms with van der Waals surface area (Å²) in [7, 11) is -2.93. The second-order valence-electron chi connectivity index (χ2n) is 15.3. The Morgan fingerprint density at radius 1 is 0.966 bits per heavy atom. The lowest BCUT2D eigenvalue weighted by Crippen LogP contribution is -2.34. The zero-order chi connectivity index (χ0) is 41.9. The van der Waals surface area contributed by atoms with E-state index in [-0.39, 0.29) is 19.8 Å². The predicted octanol–water partition coefficient (Wildman–Crippen LogP) is 9.93. The van der Waals surface area contributed by atoms with Crippen LogP contribution in [0.4, 0.5) is 11.5 Å². The number of rotatable bonds is 33. The maximum Gasteiger partial charge on any atom is 0.472 e. The Hall–Kier alpha value is -3.70. The van der Waals surface area contributed by atoms with Gasteiger partial charge >= 0.3 is 7.82 Å². The van der Waals surface area contributed by atoms with Gasteiger partial charge in [-0.1, -0.05) is 122 Å². The van der Waals surface area contributed by atoms with Gasteiger partial charge in [-0.15, -0.1) is 0 Å². The molecule has 0 amide bonds. The number of aryl methyl sites for hydroxylation is 1. The molecule has 322 valence electrons. The van der Waals surface area contributed by atoms with Crippen LogP contribution in [0.25, 0.3) is 5.52 Å². The van der Waals surface area contributed by atoms with Crippen molar-refractivity contribution in [3.8, 4) is 6.07 Å². The van der Waals surface area contributed by atoms with Crippen LogP contribution < -0.4 is 11.5 Å². The molecule has 0 aliphatic heterocycles. The van der Waals surface area contributed by atoms with E-state index in [4.69, 9.17) is 30.0 Å². The smallest absolute Gasteiger partial charge is 0.390 e. The van der Waals surface area contributed by atoms with Crippen molar-refractivity contribution in [3.05, 3.63) is 53.5 Å². The number of phosphoric acid groups is 1. The summed E-state index contributed by atoms with van der Waals surface area (Å²) in [5.74, 6) is 0.383. The summed E-state index contributed by atoms with van der Waals surface area (Å²) >= 11 is 0. The molecule has 0 bridgehead atoms. The molecule has 58 heavy (non-hydrogen) atoms. The topological polar surface area (TPSA) is 205 Å². The fourth-order valence-electron chi connectivity index (χ4n) is 6.79. The molecule has 1 aromatic carbocycles. The van der Waals surface area contributed by atoms with Gasteiger partial charge in [0.05, 0.1) is 49.1 Å². The molecule has 3 atom stereocenters. The first kappa shape index (κ1) is 48.7. The normalized spacial score (nSPS) is 14.6. The SMILES string of the molecule is CCCCCCCCCCCCCCCCCCC[C@H](COP(=O)(O)OC[C@](C)(CCc1ccc2c(N)ncnn12)OC)OCc1ccc(N=CN=CN)c(C#N)c1. The van der Waals surface area contributed by atoms with Gasteiger partial charge in [-0.2, -0.15) is 10.4 Å². The number of anilines is 1. The van der Waals surface area contributed by atoms with E-state index < -0.39 is 19.5 Å². The Balaban J connectivity index is 1.46. The summed E-state index contributed by atoms with van der Waals surface area (Å²) in [6.07, 6.45) is 26.8. The third-order valence-electron chi connectivity index (χ3n) is 10.6. The van der Waals surface area contributed by atoms with Crippen molar-refractivity contribution >= 4 is 37.5 Å². The van der Waals surface area contributed by atoms with Crippen LogP contribution in [0.1, 0.15) is 153 Å². The highest BCUT2D eigenvalue weighted by molar-refractivity contribution is 7.47. The third kappa shape index (κ3) is 18.9. The van der Waals surface area contributed by atoms with Gasteiger partial charge < -0.3 is 25.8 Å². The second kappa shape index (κ2) is 27.9. The minimum Gasteiger partial charge on any atom is -0.390 e. The first-order chi connectivity index (χ1) is 28.1. The summed E-state index contributed by atoms with van der Waals surface area (Å²) < 4.78 is 37.9. The third-order valence-corrected chi connectivity index (χ3v) is 11.5. The quantitative estimate of drug-likeness (QED) is 0.0228. The van der Waals surface area contributed by atoms with E-state index >= 15 is 0 Å². The van der Waals surface area contributed by atoms with E-state index in [9.17, 15) is 14.7 Å². The second-order valence-corrected chi connectivity index (χ2v) is 16.8. The van der Waals surface area contributed by atoms with Crippen LogP contribution in [0.2, 0.25) is 0 Å². The number of hydrogen-bond acceptors (Lipinski definition) is 10. The van der Waals surface area contributed by atoms with E-state index in [0.717, 1.165) is 36.9 Å². The maximum absolute atomic E-state index is 13.2. The van der Waals surface area contributed by atoms with E-state index in [0.29, 0.717) is 41.8 Å². The fourth-order valence-corrected chi connectivity index (χ4v) is 7.65. The number of benzene rings is 1. The van der Waals surface area contributed by atoms with Gasteiger partial charge in [-0.05, 0) is 56.0 Å². The van der Waals surface area contributed by atoms with Gasteiger partial charge in [0, 0.05) is 12.8 Å². The van der Waals surface area contributed by atoms with Gasteiger partial charge in [0.2, 0.25) is 0 Å². The number of fused-ring (bicyclic) bond motifs is 1. The summed E-state index contributed by atoms with van der Waals surface area (Å²) in [4.78, 5) is 22.7. The molecule has 0 aliphatic rings. The largest absolute Gasteiger partial charge is 0.472 e. The Labute approximate surface area is 346 Å². The fraction of sp³-hybridized carbons (Fsp3) is 0.651. The molecule has 15 heteroatoms. The van der Waals surface area contributed by atoms with Crippen LogP contribution in [0.5, 0.6) is 0 Å². The number of unbranched alkanes of at least 4 members (excludes halogenated alkanes) is 16. The molecular formula is C43H69N8O6P. The number of aromatic nitrogens is 3. The van der Waals surface area contributed by atoms with Crippen molar-refractivity contribution in [2.45, 2.75) is 161 Å². The van der Waals surface area contributed by atoms with Crippen LogP contribution in [0.3, 0.4) is 0 Å². The van der Waals surface area contributed by atoms with Crippen molar-refractivity contribution < 1.29 is 28.0 Å². The molecular weight excluding hydrogens is 755 g/mol. The minimum absolute atomic E-state index is 0.141. The molecule has 1 unspecified atom stereocenters. The molecule has 3 rings (SSSR count). The zero-order valence-electron chi connectivity index (χ0n) is 35.2. The highest BCUT2D eigenvalue weighted by Crippen LogP contribution is 2.45. The average Bonchev–Trinajstić information content (AvgIpc) is 3.66. The van der Waals surface area contributed by atoms with Crippen LogP contribution in [0, 0.1) is 11.3 Å². The standard InChI is InChI=1S/C43H69N8O6P/c1-4-5-6-7-8-9-10-11-12-13-14-15-16-17-18-19-20-21-39(55-30-36-22-24-40(37(28-36)29-44)48-34-47-33-45)31-56-58(52,53)57-32-43(2,54-3)27-26-38-23-25-41-42(46)49-35-50-51(38)41/h22-25,28,33-35,39H,4-21,26-27,30-32H2,1-3H3,(H,52,53)(H2,45,47,48)(H2,46,49,50)/t39-,43+/m1/s1. The summed E-state index contributed by atoms with van der Waals surface area (Å²) in [5, 5.41) is 14.0. The number of aliphatic imine (C=N–C) groups is 2. The Morgan fingerprint density at radius 3 is 2.21 bits per heavy atom. The Morgan fingerprint density at radius 2 is 1.60 bits per heavy atom. The lowest BCUT2D eigenvalue weighted by molar-refractivity contribution is -0.0495. The van der Waals surface area contributed by atoms with Gasteiger partial charge in [0.1, 0.15) is 24.3 Å². The average molecular weight is 825 g/mol. The van der Waals surface area contributed by atoms with Crippen LogP contribution in [-0.4, -0.2) is 64.2 Å². The van der Waals surface area contributed by atoms with Crippen molar-refractivity contribution in [3.63, 3.8) is 0 Å². The number of hydrogen-bond donors (Lipinski definition) is 3. The first-order valence-electron chi connectivity index (χ1n) is 21.3. The Kier molecular flexibility index (Phi) is 23.4. The number of ether oxygens (including phenoxy) is 2. The Bertz CT molecular complexity index is 1750. The minimum atomic E-state index is -4.47. The van der Waals surface area contributed by atoms with Gasteiger partial charge in [-0.25, -0.2) is 24.0 Å². The van der Waals surface area contributed by atoms with Gasteiger partial charge in [0.15, 0.2) is 5.82 Å². The van der Waals surface area contributed by atoms with Gasteiger partial charge in [-0.3, -0.25) is 9.05 Å². The molecule has 2 heterocycles. The maximum atomic E-state index is 13.2. The van der Waals surface area contributed by atoms with Crippen molar-refractivity contribution in [1.29, 1.82) is 5.26 Å². The zero-order valence-corrected chi connectivity index (χ0v) is 36.1. The summed E-state index contributed by atoms with van der Waals surface area (Å²) in [6, 6.07) is 11.2.